The van der Waals surface area contributed by atoms with Crippen LogP contribution in [0.2, 0.25) is 0 Å². The largest absolute Gasteiger partial charge is 0.497 e. The molecule has 3 aromatic rings. The van der Waals surface area contributed by atoms with Gasteiger partial charge in [0, 0.05) is 30.0 Å². The molecule has 0 aliphatic carbocycles. The van der Waals surface area contributed by atoms with Gasteiger partial charge in [-0.25, -0.2) is 4.39 Å². The monoisotopic (exact) mass is 428 g/mol. The van der Waals surface area contributed by atoms with Crippen molar-refractivity contribution >= 4 is 23.4 Å². The average Bonchev–Trinajstić information content (AvgIpc) is 3.16. The van der Waals surface area contributed by atoms with Crippen LogP contribution in [-0.2, 0) is 11.3 Å². The number of anilines is 1. The van der Waals surface area contributed by atoms with Gasteiger partial charge in [-0.05, 0) is 55.0 Å². The highest BCUT2D eigenvalue weighted by atomic mass is 32.2. The predicted molar refractivity (Wildman–Crippen MR) is 117 cm³/mol. The number of rotatable bonds is 10. The van der Waals surface area contributed by atoms with Crippen molar-refractivity contribution in [3.63, 3.8) is 0 Å². The SMILES string of the molecule is CCCCn1c(SCCC(=O)Nc2ccc(F)cc2)nnc1-c1ccc(OC)cc1. The van der Waals surface area contributed by atoms with Gasteiger partial charge in [-0.15, -0.1) is 10.2 Å². The third kappa shape index (κ3) is 5.82. The van der Waals surface area contributed by atoms with Crippen molar-refractivity contribution in [1.29, 1.82) is 0 Å². The first-order valence-corrected chi connectivity index (χ1v) is 10.8. The van der Waals surface area contributed by atoms with Gasteiger partial charge in [0.25, 0.3) is 0 Å². The zero-order valence-electron chi connectivity index (χ0n) is 17.1. The Balaban J connectivity index is 1.63. The molecule has 1 aromatic heterocycles. The summed E-state index contributed by atoms with van der Waals surface area (Å²) >= 11 is 1.51. The molecule has 0 spiro atoms. The number of halogens is 1. The maximum absolute atomic E-state index is 13.0. The molecule has 1 heterocycles. The van der Waals surface area contributed by atoms with Crippen LogP contribution in [0.25, 0.3) is 11.4 Å². The zero-order valence-corrected chi connectivity index (χ0v) is 17.9. The Bertz CT molecular complexity index is 958. The van der Waals surface area contributed by atoms with Crippen LogP contribution in [-0.4, -0.2) is 33.5 Å². The molecule has 1 N–H and O–H groups in total. The Morgan fingerprint density at radius 2 is 1.87 bits per heavy atom. The topological polar surface area (TPSA) is 69.0 Å². The number of ether oxygens (including phenoxy) is 1. The maximum Gasteiger partial charge on any atom is 0.225 e. The normalized spacial score (nSPS) is 10.8. The molecule has 0 saturated heterocycles. The van der Waals surface area contributed by atoms with Crippen molar-refractivity contribution in [2.75, 3.05) is 18.2 Å². The fourth-order valence-corrected chi connectivity index (χ4v) is 3.76. The first kappa shape index (κ1) is 21.8. The number of carbonyl (C=O) groups is 1. The van der Waals surface area contributed by atoms with E-state index in [9.17, 15) is 9.18 Å². The highest BCUT2D eigenvalue weighted by molar-refractivity contribution is 7.99. The molecule has 0 fully saturated rings. The van der Waals surface area contributed by atoms with Gasteiger partial charge in [-0.1, -0.05) is 25.1 Å². The summed E-state index contributed by atoms with van der Waals surface area (Å²) in [5, 5.41) is 12.3. The van der Waals surface area contributed by atoms with Gasteiger partial charge in [0.05, 0.1) is 7.11 Å². The van der Waals surface area contributed by atoms with Crippen molar-refractivity contribution < 1.29 is 13.9 Å². The van der Waals surface area contributed by atoms with Crippen LogP contribution in [0, 0.1) is 5.82 Å². The minimum atomic E-state index is -0.331. The third-order valence-corrected chi connectivity index (χ3v) is 5.46. The average molecular weight is 429 g/mol. The molecule has 3 rings (SSSR count). The number of carbonyl (C=O) groups excluding carboxylic acids is 1. The second kappa shape index (κ2) is 10.8. The number of amides is 1. The van der Waals surface area contributed by atoms with E-state index in [4.69, 9.17) is 4.74 Å². The van der Waals surface area contributed by atoms with Crippen LogP contribution in [0.1, 0.15) is 26.2 Å². The summed E-state index contributed by atoms with van der Waals surface area (Å²) < 4.78 is 20.3. The van der Waals surface area contributed by atoms with E-state index in [1.165, 1.54) is 23.9 Å². The van der Waals surface area contributed by atoms with E-state index >= 15 is 0 Å². The number of hydrogen-bond donors (Lipinski definition) is 1. The van der Waals surface area contributed by atoms with Crippen LogP contribution in [0.5, 0.6) is 5.75 Å². The fourth-order valence-electron chi connectivity index (χ4n) is 2.86. The van der Waals surface area contributed by atoms with Gasteiger partial charge in [-0.3, -0.25) is 4.79 Å². The van der Waals surface area contributed by atoms with Gasteiger partial charge in [0.1, 0.15) is 11.6 Å². The molecular weight excluding hydrogens is 403 g/mol. The summed E-state index contributed by atoms with van der Waals surface area (Å²) in [6, 6.07) is 13.5. The van der Waals surface area contributed by atoms with Gasteiger partial charge in [-0.2, -0.15) is 0 Å². The highest BCUT2D eigenvalue weighted by Crippen LogP contribution is 2.26. The van der Waals surface area contributed by atoms with E-state index in [0.717, 1.165) is 41.7 Å². The Labute approximate surface area is 179 Å². The predicted octanol–water partition coefficient (Wildman–Crippen LogP) is 5.01. The lowest BCUT2D eigenvalue weighted by Crippen LogP contribution is -2.12. The van der Waals surface area contributed by atoms with Crippen LogP contribution < -0.4 is 10.1 Å². The summed E-state index contributed by atoms with van der Waals surface area (Å²) in [6.45, 7) is 2.96. The third-order valence-electron chi connectivity index (χ3n) is 4.49. The lowest BCUT2D eigenvalue weighted by atomic mass is 10.2. The fraction of sp³-hybridized carbons (Fsp3) is 0.318. The number of nitrogens with one attached hydrogen (secondary N) is 1. The molecule has 30 heavy (non-hydrogen) atoms. The smallest absolute Gasteiger partial charge is 0.225 e. The summed E-state index contributed by atoms with van der Waals surface area (Å²) in [5.41, 5.74) is 1.56. The van der Waals surface area contributed by atoms with Gasteiger partial charge < -0.3 is 14.6 Å². The Hall–Kier alpha value is -2.87. The van der Waals surface area contributed by atoms with Crippen LogP contribution in [0.4, 0.5) is 10.1 Å². The molecule has 158 valence electrons. The summed E-state index contributed by atoms with van der Waals surface area (Å²) in [4.78, 5) is 12.2. The van der Waals surface area contributed by atoms with Gasteiger partial charge in [0.2, 0.25) is 5.91 Å². The first-order valence-electron chi connectivity index (χ1n) is 9.86. The molecule has 6 nitrogen and oxygen atoms in total. The Morgan fingerprint density at radius 3 is 2.53 bits per heavy atom. The van der Waals surface area contributed by atoms with E-state index in [2.05, 4.69) is 27.0 Å². The lowest BCUT2D eigenvalue weighted by molar-refractivity contribution is -0.115. The molecular formula is C22H25FN4O2S. The molecule has 0 saturated carbocycles. The molecule has 2 aromatic carbocycles. The summed E-state index contributed by atoms with van der Waals surface area (Å²) in [7, 11) is 1.64. The van der Waals surface area contributed by atoms with Crippen LogP contribution in [0.3, 0.4) is 0 Å². The number of nitrogens with zero attached hydrogens (tertiary/aromatic N) is 3. The minimum absolute atomic E-state index is 0.121. The molecule has 0 bridgehead atoms. The number of benzene rings is 2. The number of hydrogen-bond acceptors (Lipinski definition) is 5. The highest BCUT2D eigenvalue weighted by Gasteiger charge is 2.15. The van der Waals surface area contributed by atoms with Crippen molar-refractivity contribution in [3.8, 4) is 17.1 Å². The summed E-state index contributed by atoms with van der Waals surface area (Å²) in [6.07, 6.45) is 2.39. The van der Waals surface area contributed by atoms with E-state index in [0.29, 0.717) is 17.9 Å². The van der Waals surface area contributed by atoms with Crippen molar-refractivity contribution in [1.82, 2.24) is 14.8 Å². The first-order chi connectivity index (χ1) is 14.6. The van der Waals surface area contributed by atoms with Crippen molar-refractivity contribution in [2.24, 2.45) is 0 Å². The standard InChI is InChI=1S/C22H25FN4O2S/c1-3-4-14-27-21(16-5-11-19(29-2)12-6-16)25-26-22(27)30-15-13-20(28)24-18-9-7-17(23)8-10-18/h5-12H,3-4,13-15H2,1-2H3,(H,24,28). The molecule has 0 unspecified atom stereocenters. The number of unbranched alkanes of at least 4 members (excludes halogenated alkanes) is 1. The molecule has 8 heteroatoms. The van der Waals surface area contributed by atoms with Crippen molar-refractivity contribution in [2.45, 2.75) is 37.9 Å². The Kier molecular flexibility index (Phi) is 7.84. The second-order valence-corrected chi connectivity index (χ2v) is 7.76. The maximum atomic E-state index is 13.0. The van der Waals surface area contributed by atoms with Crippen molar-refractivity contribution in [3.05, 3.63) is 54.3 Å². The molecule has 0 aliphatic heterocycles. The summed E-state index contributed by atoms with van der Waals surface area (Å²) in [5.74, 6) is 1.72. The number of methoxy groups -OCH3 is 1. The number of thioether (sulfide) groups is 1. The van der Waals surface area contributed by atoms with Crippen LogP contribution in [0.15, 0.2) is 53.7 Å². The minimum Gasteiger partial charge on any atom is -0.497 e. The molecule has 0 radical (unpaired) electrons. The van der Waals surface area contributed by atoms with Gasteiger partial charge >= 0.3 is 0 Å². The second-order valence-electron chi connectivity index (χ2n) is 6.69. The van der Waals surface area contributed by atoms with E-state index < -0.39 is 0 Å². The van der Waals surface area contributed by atoms with E-state index in [-0.39, 0.29) is 11.7 Å². The lowest BCUT2D eigenvalue weighted by Gasteiger charge is -2.10. The Morgan fingerprint density at radius 1 is 1.13 bits per heavy atom. The zero-order chi connectivity index (χ0) is 21.3. The van der Waals surface area contributed by atoms with Gasteiger partial charge in [0.15, 0.2) is 11.0 Å². The number of aromatic nitrogens is 3. The molecule has 0 aliphatic rings. The van der Waals surface area contributed by atoms with E-state index in [1.54, 1.807) is 19.2 Å². The van der Waals surface area contributed by atoms with E-state index in [1.807, 2.05) is 24.3 Å². The quantitative estimate of drug-likeness (QED) is 0.460. The molecule has 0 atom stereocenters. The molecule has 1 amide bonds. The van der Waals surface area contributed by atoms with Crippen LogP contribution >= 0.6 is 11.8 Å².